The number of ketones is 1. The van der Waals surface area contributed by atoms with Gasteiger partial charge in [0, 0.05) is 18.3 Å². The summed E-state index contributed by atoms with van der Waals surface area (Å²) in [6.45, 7) is 15.4. The van der Waals surface area contributed by atoms with Crippen LogP contribution in [0.2, 0.25) is 0 Å². The first-order valence-corrected chi connectivity index (χ1v) is 21.7. The average Bonchev–Trinajstić information content (AvgIpc) is 4.01. The molecule has 0 aromatic rings. The lowest BCUT2D eigenvalue weighted by Crippen LogP contribution is -2.63. The lowest BCUT2D eigenvalue weighted by molar-refractivity contribution is -0.356. The number of hydrogen-bond acceptors (Lipinski definition) is 15. The van der Waals surface area contributed by atoms with Crippen LogP contribution in [0.15, 0.2) is 0 Å². The number of hydrogen-bond donors (Lipinski definition) is 7. The summed E-state index contributed by atoms with van der Waals surface area (Å²) in [6, 6.07) is 0. The van der Waals surface area contributed by atoms with Gasteiger partial charge < -0.3 is 64.2 Å². The van der Waals surface area contributed by atoms with E-state index >= 15 is 0 Å². The van der Waals surface area contributed by atoms with Crippen molar-refractivity contribution < 1.29 is 73.8 Å². The zero-order valence-electron chi connectivity index (χ0n) is 35.3. The molecule has 21 atom stereocenters. The SMILES string of the molecule is CC(=O)O[C@H](C[C@@H](C)[C@H]1C(=O)[C@H](O)[C@@]2(C)[C@@H]3CC[C@H]4C(C)(C)[C@@H](O[C@@H]5OC[C@@H](O)[C@H](O[C@@H]6O[C@H](CO)[C@@H](O)[C@H](O)[C@H]6O)[C@H]5O)CC[C@@]45C[C@@]35CC[C@]12C)[C@H]1OC1(C)C. The second kappa shape index (κ2) is 14.3. The minimum atomic E-state index is -1.71. The molecule has 3 saturated heterocycles. The first kappa shape index (κ1) is 43.3. The zero-order valence-corrected chi connectivity index (χ0v) is 35.3. The fourth-order valence-electron chi connectivity index (χ4n) is 14.7. The normalized spacial score (nSPS) is 53.6. The first-order chi connectivity index (χ1) is 27.0. The van der Waals surface area contributed by atoms with Gasteiger partial charge in [-0.1, -0.05) is 34.6 Å². The molecule has 8 rings (SSSR count). The summed E-state index contributed by atoms with van der Waals surface area (Å²) in [5, 5.41) is 75.1. The summed E-state index contributed by atoms with van der Waals surface area (Å²) in [6.07, 6.45) is -8.53. The summed E-state index contributed by atoms with van der Waals surface area (Å²) in [5.74, 6) is -0.560. The fraction of sp³-hybridized carbons (Fsp3) is 0.953. The Hall–Kier alpha value is -1.34. The Morgan fingerprint density at radius 1 is 0.845 bits per heavy atom. The molecule has 8 fully saturated rings. The summed E-state index contributed by atoms with van der Waals surface area (Å²) in [5.41, 5.74) is -1.83. The lowest BCUT2D eigenvalue weighted by Gasteiger charge is -2.63. The molecule has 58 heavy (non-hydrogen) atoms. The Morgan fingerprint density at radius 2 is 1.50 bits per heavy atom. The molecule has 3 heterocycles. The Balaban J connectivity index is 0.970. The third kappa shape index (κ3) is 6.10. The topological polar surface area (TPSA) is 234 Å². The van der Waals surface area contributed by atoms with Crippen molar-refractivity contribution in [2.45, 2.75) is 192 Å². The van der Waals surface area contributed by atoms with Gasteiger partial charge in [-0.15, -0.1) is 0 Å². The van der Waals surface area contributed by atoms with Crippen LogP contribution < -0.4 is 0 Å². The predicted octanol–water partition coefficient (Wildman–Crippen LogP) is 1.36. The van der Waals surface area contributed by atoms with Gasteiger partial charge in [-0.05, 0) is 105 Å². The molecule has 0 aromatic heterocycles. The van der Waals surface area contributed by atoms with E-state index in [4.69, 9.17) is 28.4 Å². The standard InChI is InChI=1S/C43H68O15/c1-19(15-22(54-20(2)45)35-39(5,6)58-35)27-29(48)34(52)41(8)25-10-9-24-38(3,4)26(11-12-42(24)18-43(25,42)14-13-40(27,41)7)56-36-32(51)33(21(46)17-53-36)57-37-31(50)30(49)28(47)23(16-44)55-37/h19,21-28,30-37,44,46-47,49-52H,9-18H2,1-8H3/t19-,21-,22-,23-,24+,25+,26+,27+,28-,30+,31-,32-,33+,34+,35-,36+,37+,40-,41-,42-,43+/m1/s1. The summed E-state index contributed by atoms with van der Waals surface area (Å²) in [4.78, 5) is 26.5. The van der Waals surface area contributed by atoms with Crippen LogP contribution in [-0.4, -0.2) is 146 Å². The van der Waals surface area contributed by atoms with Crippen LogP contribution in [0.25, 0.3) is 0 Å². The summed E-state index contributed by atoms with van der Waals surface area (Å²) >= 11 is 0. The van der Waals surface area contributed by atoms with E-state index in [0.29, 0.717) is 12.8 Å². The number of epoxide rings is 1. The number of aliphatic hydroxyl groups is 7. The average molecular weight is 825 g/mol. The van der Waals surface area contributed by atoms with Crippen LogP contribution in [0.5, 0.6) is 0 Å². The van der Waals surface area contributed by atoms with Crippen molar-refractivity contribution >= 4 is 11.8 Å². The third-order valence-electron chi connectivity index (χ3n) is 17.8. The van der Waals surface area contributed by atoms with E-state index in [0.717, 1.165) is 38.5 Å². The van der Waals surface area contributed by atoms with E-state index in [1.807, 2.05) is 13.8 Å². The van der Waals surface area contributed by atoms with Crippen LogP contribution in [0.1, 0.15) is 107 Å². The second-order valence-electron chi connectivity index (χ2n) is 21.2. The highest BCUT2D eigenvalue weighted by atomic mass is 16.7. The molecule has 5 aliphatic carbocycles. The Labute approximate surface area is 341 Å². The number of ether oxygens (including phenoxy) is 6. The molecular weight excluding hydrogens is 756 g/mol. The van der Waals surface area contributed by atoms with E-state index < -0.39 is 90.6 Å². The van der Waals surface area contributed by atoms with Gasteiger partial charge in [-0.25, -0.2) is 0 Å². The van der Waals surface area contributed by atoms with E-state index in [1.165, 1.54) is 6.92 Å². The molecule has 0 bridgehead atoms. The number of fused-ring (bicyclic) bond motifs is 2. The highest BCUT2D eigenvalue weighted by Crippen LogP contribution is 2.89. The maximum absolute atomic E-state index is 14.4. The van der Waals surface area contributed by atoms with Crippen molar-refractivity contribution in [2.75, 3.05) is 13.2 Å². The monoisotopic (exact) mass is 824 g/mol. The molecule has 0 radical (unpaired) electrons. The van der Waals surface area contributed by atoms with Gasteiger partial charge in [0.15, 0.2) is 18.4 Å². The van der Waals surface area contributed by atoms with Crippen molar-refractivity contribution in [1.29, 1.82) is 0 Å². The number of aliphatic hydroxyl groups excluding tert-OH is 7. The van der Waals surface area contributed by atoms with Crippen LogP contribution in [-0.2, 0) is 38.0 Å². The molecule has 2 spiro atoms. The van der Waals surface area contributed by atoms with Crippen LogP contribution >= 0.6 is 0 Å². The molecule has 330 valence electrons. The number of carbonyl (C=O) groups is 2. The van der Waals surface area contributed by atoms with Crippen molar-refractivity contribution in [2.24, 2.45) is 50.7 Å². The van der Waals surface area contributed by atoms with Gasteiger partial charge in [0.2, 0.25) is 0 Å². The number of Topliss-reactive ketones (excluding diaryl/α,β-unsaturated/α-hetero) is 1. The van der Waals surface area contributed by atoms with E-state index in [9.17, 15) is 45.3 Å². The van der Waals surface area contributed by atoms with Crippen LogP contribution in [0.4, 0.5) is 0 Å². The van der Waals surface area contributed by atoms with Crippen LogP contribution in [0, 0.1) is 50.7 Å². The minimum absolute atomic E-state index is 0.0163. The molecule has 8 aliphatic rings. The van der Waals surface area contributed by atoms with Gasteiger partial charge in [-0.3, -0.25) is 9.59 Å². The first-order valence-electron chi connectivity index (χ1n) is 21.7. The quantitative estimate of drug-likeness (QED) is 0.0937. The van der Waals surface area contributed by atoms with Crippen molar-refractivity contribution in [3.8, 4) is 0 Å². The summed E-state index contributed by atoms with van der Waals surface area (Å²) in [7, 11) is 0. The van der Waals surface area contributed by atoms with E-state index in [1.54, 1.807) is 0 Å². The van der Waals surface area contributed by atoms with Gasteiger partial charge >= 0.3 is 5.97 Å². The van der Waals surface area contributed by atoms with Crippen LogP contribution in [0.3, 0.4) is 0 Å². The molecular formula is C43H68O15. The molecule has 3 aliphatic heterocycles. The van der Waals surface area contributed by atoms with Gasteiger partial charge in [-0.2, -0.15) is 0 Å². The van der Waals surface area contributed by atoms with Gasteiger partial charge in [0.1, 0.15) is 61.0 Å². The van der Waals surface area contributed by atoms with Gasteiger partial charge in [0.05, 0.1) is 24.9 Å². The Bertz CT molecular complexity index is 1600. The smallest absolute Gasteiger partial charge is 0.302 e. The molecule has 5 saturated carbocycles. The third-order valence-corrected chi connectivity index (χ3v) is 17.8. The largest absolute Gasteiger partial charge is 0.460 e. The lowest BCUT2D eigenvalue weighted by atomic mass is 9.41. The Kier molecular flexibility index (Phi) is 10.7. The summed E-state index contributed by atoms with van der Waals surface area (Å²) < 4.78 is 35.5. The fourth-order valence-corrected chi connectivity index (χ4v) is 14.7. The number of carbonyl (C=O) groups excluding carboxylic acids is 2. The number of esters is 1. The van der Waals surface area contributed by atoms with Crippen molar-refractivity contribution in [3.63, 3.8) is 0 Å². The molecule has 0 aromatic carbocycles. The Morgan fingerprint density at radius 3 is 2.14 bits per heavy atom. The highest BCUT2D eigenvalue weighted by molar-refractivity contribution is 5.90. The maximum Gasteiger partial charge on any atom is 0.302 e. The molecule has 15 heteroatoms. The number of rotatable bonds is 10. The molecule has 15 nitrogen and oxygen atoms in total. The van der Waals surface area contributed by atoms with Crippen molar-refractivity contribution in [1.82, 2.24) is 0 Å². The maximum atomic E-state index is 14.4. The van der Waals surface area contributed by atoms with E-state index in [-0.39, 0.29) is 70.5 Å². The van der Waals surface area contributed by atoms with Crippen molar-refractivity contribution in [3.05, 3.63) is 0 Å². The zero-order chi connectivity index (χ0) is 42.3. The second-order valence-corrected chi connectivity index (χ2v) is 21.2. The minimum Gasteiger partial charge on any atom is -0.460 e. The van der Waals surface area contributed by atoms with E-state index in [2.05, 4.69) is 34.6 Å². The van der Waals surface area contributed by atoms with Gasteiger partial charge in [0.25, 0.3) is 0 Å². The predicted molar refractivity (Wildman–Crippen MR) is 202 cm³/mol. The molecule has 7 N–H and O–H groups in total. The molecule has 0 unspecified atom stereocenters. The molecule has 0 amide bonds. The highest BCUT2D eigenvalue weighted by Gasteiger charge is 2.84.